The maximum atomic E-state index is 11.9. The van der Waals surface area contributed by atoms with Crippen LogP contribution in [-0.4, -0.2) is 30.6 Å². The third-order valence-corrected chi connectivity index (χ3v) is 4.52. The monoisotopic (exact) mass is 362 g/mol. The quantitative estimate of drug-likeness (QED) is 0.370. The fourth-order valence-corrected chi connectivity index (χ4v) is 3.41. The van der Waals surface area contributed by atoms with Gasteiger partial charge >= 0.3 is 5.97 Å². The van der Waals surface area contributed by atoms with Crippen LogP contribution in [0.15, 0.2) is 18.2 Å². The van der Waals surface area contributed by atoms with E-state index in [0.717, 1.165) is 18.7 Å². The average molecular weight is 362 g/mol. The van der Waals surface area contributed by atoms with Gasteiger partial charge in [0, 0.05) is 19.2 Å². The summed E-state index contributed by atoms with van der Waals surface area (Å²) in [4.78, 5) is 25.4. The van der Waals surface area contributed by atoms with Gasteiger partial charge in [0.25, 0.3) is 5.69 Å². The molecular formula is C20H30N2O4. The molecule has 2 atom stereocenters. The van der Waals surface area contributed by atoms with Gasteiger partial charge in [-0.3, -0.25) is 14.9 Å². The van der Waals surface area contributed by atoms with E-state index < -0.39 is 0 Å². The summed E-state index contributed by atoms with van der Waals surface area (Å²) in [6, 6.07) is 5.42. The van der Waals surface area contributed by atoms with Crippen LogP contribution in [0.2, 0.25) is 0 Å². The molecule has 0 radical (unpaired) electrons. The molecule has 144 valence electrons. The molecule has 1 aromatic rings. The Kier molecular flexibility index (Phi) is 6.62. The van der Waals surface area contributed by atoms with Gasteiger partial charge in [0.05, 0.1) is 17.4 Å². The number of benzene rings is 1. The van der Waals surface area contributed by atoms with E-state index in [1.165, 1.54) is 0 Å². The summed E-state index contributed by atoms with van der Waals surface area (Å²) in [6.07, 6.45) is 0.705. The molecule has 0 heterocycles. The van der Waals surface area contributed by atoms with Gasteiger partial charge in [-0.05, 0) is 42.7 Å². The summed E-state index contributed by atoms with van der Waals surface area (Å²) < 4.78 is 5.06. The fraction of sp³-hybridized carbons (Fsp3) is 0.650. The van der Waals surface area contributed by atoms with Crippen molar-refractivity contribution < 1.29 is 14.5 Å². The molecule has 0 saturated heterocycles. The zero-order chi connectivity index (χ0) is 19.4. The highest BCUT2D eigenvalue weighted by Crippen LogP contribution is 2.49. The van der Waals surface area contributed by atoms with Gasteiger partial charge in [-0.15, -0.1) is 0 Å². The van der Waals surface area contributed by atoms with Crippen molar-refractivity contribution in [2.75, 3.05) is 24.6 Å². The number of hydrogen-bond acceptors (Lipinski definition) is 5. The van der Waals surface area contributed by atoms with Gasteiger partial charge in [0.1, 0.15) is 5.69 Å². The van der Waals surface area contributed by atoms with Crippen molar-refractivity contribution >= 4 is 17.3 Å². The zero-order valence-electron chi connectivity index (χ0n) is 16.4. The van der Waals surface area contributed by atoms with Crippen LogP contribution in [0.1, 0.15) is 52.5 Å². The first-order valence-corrected chi connectivity index (χ1v) is 9.44. The molecule has 1 saturated carbocycles. The lowest BCUT2D eigenvalue weighted by molar-refractivity contribution is -0.384. The van der Waals surface area contributed by atoms with Gasteiger partial charge in [-0.1, -0.05) is 33.8 Å². The molecule has 1 aliphatic carbocycles. The number of carbonyl (C=O) groups excluding carboxylic acids is 1. The number of nitro benzene ring substituents is 1. The van der Waals surface area contributed by atoms with Crippen molar-refractivity contribution in [2.24, 2.45) is 17.8 Å². The smallest absolute Gasteiger partial charge is 0.309 e. The van der Waals surface area contributed by atoms with Crippen molar-refractivity contribution in [3.05, 3.63) is 33.9 Å². The largest absolute Gasteiger partial charge is 0.466 e. The van der Waals surface area contributed by atoms with E-state index in [1.54, 1.807) is 13.0 Å². The first-order valence-electron chi connectivity index (χ1n) is 9.44. The normalized spacial score (nSPS) is 18.9. The molecule has 1 fully saturated rings. The highest BCUT2D eigenvalue weighted by Gasteiger charge is 2.45. The topological polar surface area (TPSA) is 72.7 Å². The van der Waals surface area contributed by atoms with Crippen LogP contribution in [0.5, 0.6) is 0 Å². The summed E-state index contributed by atoms with van der Waals surface area (Å²) in [6.45, 7) is 12.1. The highest BCUT2D eigenvalue weighted by molar-refractivity contribution is 5.78. The molecule has 1 aromatic carbocycles. The second-order valence-electron chi connectivity index (χ2n) is 7.90. The van der Waals surface area contributed by atoms with Crippen LogP contribution in [0.4, 0.5) is 11.4 Å². The van der Waals surface area contributed by atoms with E-state index in [9.17, 15) is 14.9 Å². The number of rotatable bonds is 9. The molecule has 6 nitrogen and oxygen atoms in total. The Balaban J connectivity index is 2.28. The van der Waals surface area contributed by atoms with E-state index in [2.05, 4.69) is 32.6 Å². The Morgan fingerprint density at radius 2 is 1.88 bits per heavy atom. The lowest BCUT2D eigenvalue weighted by Gasteiger charge is -2.28. The number of ether oxygens (including phenoxy) is 1. The number of nitro groups is 1. The number of hydrogen-bond donors (Lipinski definition) is 0. The fourth-order valence-electron chi connectivity index (χ4n) is 3.41. The van der Waals surface area contributed by atoms with Crippen molar-refractivity contribution in [2.45, 2.75) is 47.0 Å². The molecule has 2 rings (SSSR count). The molecule has 0 amide bonds. The number of nitrogens with zero attached hydrogens (tertiary/aromatic N) is 2. The maximum absolute atomic E-state index is 11.9. The van der Waals surface area contributed by atoms with Gasteiger partial charge in [0.2, 0.25) is 0 Å². The third kappa shape index (κ3) is 4.96. The minimum absolute atomic E-state index is 0.0328. The predicted molar refractivity (Wildman–Crippen MR) is 102 cm³/mol. The lowest BCUT2D eigenvalue weighted by atomic mass is 10.0. The van der Waals surface area contributed by atoms with Crippen molar-refractivity contribution in [3.8, 4) is 0 Å². The number of carbonyl (C=O) groups is 1. The summed E-state index contributed by atoms with van der Waals surface area (Å²) >= 11 is 0. The minimum Gasteiger partial charge on any atom is -0.466 e. The van der Waals surface area contributed by atoms with Crippen LogP contribution < -0.4 is 4.90 Å². The van der Waals surface area contributed by atoms with Gasteiger partial charge in [-0.2, -0.15) is 0 Å². The summed E-state index contributed by atoms with van der Waals surface area (Å²) in [5.41, 5.74) is 1.64. The van der Waals surface area contributed by atoms with E-state index in [0.29, 0.717) is 30.6 Å². The Morgan fingerprint density at radius 1 is 1.27 bits per heavy atom. The Morgan fingerprint density at radius 3 is 2.38 bits per heavy atom. The summed E-state index contributed by atoms with van der Waals surface area (Å²) in [5, 5.41) is 11.7. The van der Waals surface area contributed by atoms with E-state index in [-0.39, 0.29) is 28.4 Å². The molecule has 26 heavy (non-hydrogen) atoms. The molecule has 6 heteroatoms. The molecule has 0 aliphatic heterocycles. The molecular weight excluding hydrogens is 332 g/mol. The molecule has 0 spiro atoms. The highest BCUT2D eigenvalue weighted by atomic mass is 16.6. The number of anilines is 1. The maximum Gasteiger partial charge on any atom is 0.309 e. The Bertz CT molecular complexity index is 647. The molecule has 0 aromatic heterocycles. The lowest BCUT2D eigenvalue weighted by Crippen LogP contribution is -2.31. The van der Waals surface area contributed by atoms with E-state index in [1.807, 2.05) is 12.1 Å². The predicted octanol–water partition coefficient (Wildman–Crippen LogP) is 4.38. The molecule has 0 N–H and O–H groups in total. The summed E-state index contributed by atoms with van der Waals surface area (Å²) in [5.74, 6) is 0.480. The molecule has 0 bridgehead atoms. The molecule has 0 unspecified atom stereocenters. The standard InChI is InChI=1S/C20H30N2O4/c1-6-26-20(23)17-10-16(17)15-7-8-18(19(9-15)22(24)25)21(11-13(2)3)12-14(4)5/h7-9,13-14,16-17H,6,10-12H2,1-5H3/t16-,17-/m1/s1. The summed E-state index contributed by atoms with van der Waals surface area (Å²) in [7, 11) is 0. The Labute approximate surface area is 155 Å². The first-order chi connectivity index (χ1) is 12.2. The SMILES string of the molecule is CCOC(=O)[C@@H]1C[C@@H]1c1ccc(N(CC(C)C)CC(C)C)c([N+](=O)[O-])c1. The minimum atomic E-state index is -0.311. The van der Waals surface area contributed by atoms with Gasteiger partial charge in [0.15, 0.2) is 0 Å². The molecule has 1 aliphatic rings. The van der Waals surface area contributed by atoms with Crippen LogP contribution in [0, 0.1) is 27.9 Å². The van der Waals surface area contributed by atoms with Crippen molar-refractivity contribution in [1.29, 1.82) is 0 Å². The van der Waals surface area contributed by atoms with Crippen LogP contribution in [-0.2, 0) is 9.53 Å². The van der Waals surface area contributed by atoms with Crippen LogP contribution in [0.25, 0.3) is 0 Å². The van der Waals surface area contributed by atoms with Gasteiger partial charge < -0.3 is 9.64 Å². The third-order valence-electron chi connectivity index (χ3n) is 4.52. The second-order valence-corrected chi connectivity index (χ2v) is 7.90. The van der Waals surface area contributed by atoms with Gasteiger partial charge in [-0.25, -0.2) is 0 Å². The van der Waals surface area contributed by atoms with Crippen LogP contribution >= 0.6 is 0 Å². The van der Waals surface area contributed by atoms with E-state index >= 15 is 0 Å². The Hall–Kier alpha value is -2.11. The average Bonchev–Trinajstić information content (AvgIpc) is 3.33. The number of esters is 1. The zero-order valence-corrected chi connectivity index (χ0v) is 16.4. The second kappa shape index (κ2) is 8.52. The van der Waals surface area contributed by atoms with Crippen molar-refractivity contribution in [3.63, 3.8) is 0 Å². The van der Waals surface area contributed by atoms with E-state index in [4.69, 9.17) is 4.74 Å². The first kappa shape index (κ1) is 20.2. The van der Waals surface area contributed by atoms with Crippen molar-refractivity contribution in [1.82, 2.24) is 0 Å². The van der Waals surface area contributed by atoms with Crippen LogP contribution in [0.3, 0.4) is 0 Å².